The van der Waals surface area contributed by atoms with Gasteiger partial charge in [0.2, 0.25) is 5.12 Å². The Bertz CT molecular complexity index is 183. The van der Waals surface area contributed by atoms with Gasteiger partial charge in [-0.3, -0.25) is 4.79 Å². The minimum absolute atomic E-state index is 0.0823. The standard InChI is InChI=1S/C7H12Cl3NOS/c1-4(7(8,9)10)3-5(11)6(12)13-2/h4-5H,3,11H2,1-2H3/t4-,5-/m0/s1. The van der Waals surface area contributed by atoms with E-state index in [2.05, 4.69) is 0 Å². The van der Waals surface area contributed by atoms with E-state index in [0.717, 1.165) is 11.8 Å². The van der Waals surface area contributed by atoms with E-state index in [1.807, 2.05) is 0 Å². The van der Waals surface area contributed by atoms with Gasteiger partial charge in [0, 0.05) is 5.92 Å². The Morgan fingerprint density at radius 1 is 1.54 bits per heavy atom. The molecule has 0 spiro atoms. The normalized spacial score (nSPS) is 16.8. The Morgan fingerprint density at radius 2 is 2.00 bits per heavy atom. The van der Waals surface area contributed by atoms with Crippen molar-refractivity contribution in [3.8, 4) is 0 Å². The predicted octanol–water partition coefficient (Wildman–Crippen LogP) is 2.60. The van der Waals surface area contributed by atoms with Crippen molar-refractivity contribution in [2.45, 2.75) is 23.2 Å². The maximum Gasteiger partial charge on any atom is 0.205 e. The molecule has 2 atom stereocenters. The number of carbonyl (C=O) groups excluding carboxylic acids is 1. The van der Waals surface area contributed by atoms with Crippen molar-refractivity contribution in [1.29, 1.82) is 0 Å². The summed E-state index contributed by atoms with van der Waals surface area (Å²) >= 11 is 18.0. The zero-order valence-corrected chi connectivity index (χ0v) is 10.5. The maximum absolute atomic E-state index is 11.1. The SMILES string of the molecule is CSC(=O)[C@@H](N)C[C@H](C)C(Cl)(Cl)Cl. The Hall–Kier alpha value is 0.850. The number of alkyl halides is 3. The lowest BCUT2D eigenvalue weighted by Crippen LogP contribution is -2.33. The van der Waals surface area contributed by atoms with E-state index in [1.165, 1.54) is 0 Å². The Kier molecular flexibility index (Phi) is 6.03. The summed E-state index contributed by atoms with van der Waals surface area (Å²) in [5, 5.41) is -0.0823. The molecule has 0 amide bonds. The molecule has 78 valence electrons. The van der Waals surface area contributed by atoms with Gasteiger partial charge in [-0.25, -0.2) is 0 Å². The van der Waals surface area contributed by atoms with E-state index < -0.39 is 9.83 Å². The number of halogens is 3. The molecule has 0 aromatic carbocycles. The van der Waals surface area contributed by atoms with Crippen LogP contribution in [-0.2, 0) is 4.79 Å². The topological polar surface area (TPSA) is 43.1 Å². The number of hydrogen-bond donors (Lipinski definition) is 1. The lowest BCUT2D eigenvalue weighted by Gasteiger charge is -2.22. The van der Waals surface area contributed by atoms with Crippen LogP contribution < -0.4 is 5.73 Å². The van der Waals surface area contributed by atoms with Crippen LogP contribution >= 0.6 is 46.6 Å². The summed E-state index contributed by atoms with van der Waals surface area (Å²) in [7, 11) is 0. The molecule has 2 N–H and O–H groups in total. The number of carbonyl (C=O) groups is 1. The van der Waals surface area contributed by atoms with Crippen LogP contribution in [0.2, 0.25) is 0 Å². The minimum atomic E-state index is -1.35. The van der Waals surface area contributed by atoms with Gasteiger partial charge in [0.25, 0.3) is 0 Å². The Balaban J connectivity index is 4.06. The molecule has 0 aliphatic heterocycles. The fourth-order valence-corrected chi connectivity index (χ4v) is 1.43. The van der Waals surface area contributed by atoms with Gasteiger partial charge in [0.1, 0.15) is 0 Å². The number of thioether (sulfide) groups is 1. The molecule has 0 heterocycles. The summed E-state index contributed by atoms with van der Waals surface area (Å²) in [6, 6.07) is -0.555. The second kappa shape index (κ2) is 5.66. The third-order valence-electron chi connectivity index (χ3n) is 1.67. The van der Waals surface area contributed by atoms with Crippen LogP contribution in [0.3, 0.4) is 0 Å². The van der Waals surface area contributed by atoms with Crippen molar-refractivity contribution in [1.82, 2.24) is 0 Å². The third kappa shape index (κ3) is 5.33. The molecule has 0 aromatic rings. The first-order chi connectivity index (χ1) is 5.79. The van der Waals surface area contributed by atoms with Gasteiger partial charge < -0.3 is 5.73 Å². The molecule has 0 fully saturated rings. The first-order valence-electron chi connectivity index (χ1n) is 3.69. The van der Waals surface area contributed by atoms with Crippen LogP contribution in [0.1, 0.15) is 13.3 Å². The van der Waals surface area contributed by atoms with Gasteiger partial charge in [-0.15, -0.1) is 0 Å². The average molecular weight is 265 g/mol. The van der Waals surface area contributed by atoms with Crippen molar-refractivity contribution < 1.29 is 4.79 Å². The molecule has 2 nitrogen and oxygen atoms in total. The summed E-state index contributed by atoms with van der Waals surface area (Å²) in [5.74, 6) is -0.233. The quantitative estimate of drug-likeness (QED) is 0.797. The van der Waals surface area contributed by atoms with Crippen LogP contribution in [0.25, 0.3) is 0 Å². The molecule has 6 heteroatoms. The van der Waals surface area contributed by atoms with Crippen LogP contribution in [-0.4, -0.2) is 21.2 Å². The van der Waals surface area contributed by atoms with Gasteiger partial charge in [-0.2, -0.15) is 0 Å². The molecule has 0 aromatic heterocycles. The van der Waals surface area contributed by atoms with E-state index in [1.54, 1.807) is 13.2 Å². The zero-order chi connectivity index (χ0) is 10.6. The molecule has 0 aliphatic rings. The Labute approximate surface area is 97.5 Å². The van der Waals surface area contributed by atoms with Crippen molar-refractivity contribution in [2.75, 3.05) is 6.26 Å². The largest absolute Gasteiger partial charge is 0.321 e. The predicted molar refractivity (Wildman–Crippen MR) is 60.6 cm³/mol. The van der Waals surface area contributed by atoms with Crippen LogP contribution in [0, 0.1) is 5.92 Å². The highest BCUT2D eigenvalue weighted by Crippen LogP contribution is 2.37. The molecule has 0 radical (unpaired) electrons. The lowest BCUT2D eigenvalue weighted by molar-refractivity contribution is -0.112. The van der Waals surface area contributed by atoms with E-state index in [4.69, 9.17) is 40.5 Å². The van der Waals surface area contributed by atoms with Crippen molar-refractivity contribution in [2.24, 2.45) is 11.7 Å². The van der Waals surface area contributed by atoms with E-state index in [0.29, 0.717) is 6.42 Å². The lowest BCUT2D eigenvalue weighted by atomic mass is 10.1. The van der Waals surface area contributed by atoms with Gasteiger partial charge in [-0.1, -0.05) is 53.5 Å². The number of rotatable bonds is 3. The first-order valence-corrected chi connectivity index (χ1v) is 6.05. The highest BCUT2D eigenvalue weighted by Gasteiger charge is 2.31. The van der Waals surface area contributed by atoms with Crippen molar-refractivity contribution in [3.05, 3.63) is 0 Å². The molecule has 0 saturated carbocycles. The zero-order valence-electron chi connectivity index (χ0n) is 7.39. The van der Waals surface area contributed by atoms with Gasteiger partial charge in [0.05, 0.1) is 6.04 Å². The Morgan fingerprint density at radius 3 is 2.31 bits per heavy atom. The highest BCUT2D eigenvalue weighted by atomic mass is 35.6. The molecule has 0 aliphatic carbocycles. The van der Waals surface area contributed by atoms with Crippen LogP contribution in [0.5, 0.6) is 0 Å². The summed E-state index contributed by atoms with van der Waals surface area (Å²) in [5.41, 5.74) is 5.58. The number of hydrogen-bond acceptors (Lipinski definition) is 3. The molecule has 0 bridgehead atoms. The minimum Gasteiger partial charge on any atom is -0.321 e. The highest BCUT2D eigenvalue weighted by molar-refractivity contribution is 8.13. The van der Waals surface area contributed by atoms with Crippen LogP contribution in [0.15, 0.2) is 0 Å². The molecule has 13 heavy (non-hydrogen) atoms. The van der Waals surface area contributed by atoms with Crippen molar-refractivity contribution >= 4 is 51.7 Å². The summed E-state index contributed by atoms with van der Waals surface area (Å²) in [6.45, 7) is 1.75. The van der Waals surface area contributed by atoms with Crippen LogP contribution in [0.4, 0.5) is 0 Å². The molecular formula is C7H12Cl3NOS. The third-order valence-corrected chi connectivity index (χ3v) is 3.49. The molecular weight excluding hydrogens is 253 g/mol. The molecule has 0 rings (SSSR count). The summed E-state index contributed by atoms with van der Waals surface area (Å²) < 4.78 is -1.35. The molecule has 0 saturated heterocycles. The van der Waals surface area contributed by atoms with Gasteiger partial charge >= 0.3 is 0 Å². The maximum atomic E-state index is 11.1. The smallest absolute Gasteiger partial charge is 0.205 e. The number of nitrogens with two attached hydrogens (primary N) is 1. The fraction of sp³-hybridized carbons (Fsp3) is 0.857. The van der Waals surface area contributed by atoms with Gasteiger partial charge in [0.15, 0.2) is 3.79 Å². The fourth-order valence-electron chi connectivity index (χ4n) is 0.762. The van der Waals surface area contributed by atoms with E-state index in [-0.39, 0.29) is 11.0 Å². The van der Waals surface area contributed by atoms with Gasteiger partial charge in [-0.05, 0) is 12.7 Å². The monoisotopic (exact) mass is 263 g/mol. The second-order valence-electron chi connectivity index (χ2n) is 2.81. The summed E-state index contributed by atoms with van der Waals surface area (Å²) in [4.78, 5) is 11.1. The molecule has 0 unspecified atom stereocenters. The average Bonchev–Trinajstić information content (AvgIpc) is 2.01. The van der Waals surface area contributed by atoms with E-state index >= 15 is 0 Å². The summed E-state index contributed by atoms with van der Waals surface area (Å²) in [6.07, 6.45) is 2.07. The van der Waals surface area contributed by atoms with Crippen molar-refractivity contribution in [3.63, 3.8) is 0 Å². The first kappa shape index (κ1) is 13.8. The van der Waals surface area contributed by atoms with E-state index in [9.17, 15) is 4.79 Å². The second-order valence-corrected chi connectivity index (χ2v) is 5.99.